The van der Waals surface area contributed by atoms with E-state index in [0.29, 0.717) is 12.3 Å². The SMILES string of the molecule is CCC[P+](=O)[O-].CCC[P+](=O)[O-].[Ca+2]. The summed E-state index contributed by atoms with van der Waals surface area (Å²) in [5, 5.41) is 0. The summed E-state index contributed by atoms with van der Waals surface area (Å²) in [6, 6.07) is 0. The van der Waals surface area contributed by atoms with E-state index in [1.54, 1.807) is 0 Å². The van der Waals surface area contributed by atoms with Gasteiger partial charge in [0.1, 0.15) is 12.3 Å². The van der Waals surface area contributed by atoms with E-state index in [4.69, 9.17) is 0 Å². The molecule has 0 saturated carbocycles. The minimum Gasteiger partial charge on any atom is -0.596 e. The monoisotopic (exact) mass is 252 g/mol. The zero-order valence-electron chi connectivity index (χ0n) is 8.06. The van der Waals surface area contributed by atoms with Crippen molar-refractivity contribution in [3.8, 4) is 0 Å². The van der Waals surface area contributed by atoms with Gasteiger partial charge in [0, 0.05) is 0 Å². The molecule has 0 aliphatic heterocycles. The Hall–Kier alpha value is 1.38. The van der Waals surface area contributed by atoms with Gasteiger partial charge in [-0.15, -0.1) is 0 Å². The van der Waals surface area contributed by atoms with E-state index >= 15 is 0 Å². The van der Waals surface area contributed by atoms with Crippen molar-refractivity contribution in [2.24, 2.45) is 0 Å². The summed E-state index contributed by atoms with van der Waals surface area (Å²) in [6.45, 7) is 3.68. The summed E-state index contributed by atoms with van der Waals surface area (Å²) < 4.78 is 19.3. The second kappa shape index (κ2) is 15.8. The molecule has 4 nitrogen and oxygen atoms in total. The standard InChI is InChI=1S/2C3H7O2P.Ca/c2*1-2-3-6(4)5;/h2*2-3H2,1H3;/q;;+2. The average molecular weight is 252 g/mol. The molecule has 72 valence electrons. The predicted molar refractivity (Wildman–Crippen MR) is 51.3 cm³/mol. The summed E-state index contributed by atoms with van der Waals surface area (Å²) in [5.74, 6) is 0. The van der Waals surface area contributed by atoms with Gasteiger partial charge >= 0.3 is 53.8 Å². The van der Waals surface area contributed by atoms with Gasteiger partial charge in [-0.3, -0.25) is 0 Å². The Balaban J connectivity index is -0.000000143. The van der Waals surface area contributed by atoms with E-state index in [1.807, 2.05) is 13.8 Å². The van der Waals surface area contributed by atoms with Gasteiger partial charge in [0.15, 0.2) is 0 Å². The van der Waals surface area contributed by atoms with Gasteiger partial charge in [-0.2, -0.15) is 0 Å². The Labute approximate surface area is 111 Å². The largest absolute Gasteiger partial charge is 2.00 e. The molecule has 0 aromatic carbocycles. The molecular weight excluding hydrogens is 238 g/mol. The Morgan fingerprint density at radius 2 is 1.15 bits per heavy atom. The minimum absolute atomic E-state index is 0. The van der Waals surface area contributed by atoms with Crippen LogP contribution in [0.15, 0.2) is 0 Å². The number of hydrogen-bond donors (Lipinski definition) is 0. The molecule has 2 atom stereocenters. The second-order valence-corrected chi connectivity index (χ2v) is 4.34. The first-order valence-corrected chi connectivity index (χ1v) is 6.50. The fraction of sp³-hybridized carbons (Fsp3) is 1.00. The van der Waals surface area contributed by atoms with E-state index in [9.17, 15) is 18.9 Å². The van der Waals surface area contributed by atoms with Crippen LogP contribution in [0.25, 0.3) is 0 Å². The van der Waals surface area contributed by atoms with Crippen LogP contribution in [-0.2, 0) is 9.13 Å². The molecule has 7 heteroatoms. The van der Waals surface area contributed by atoms with Crippen LogP contribution in [0.1, 0.15) is 26.7 Å². The summed E-state index contributed by atoms with van der Waals surface area (Å²) >= 11 is 0. The van der Waals surface area contributed by atoms with Gasteiger partial charge in [-0.1, -0.05) is 23.0 Å². The summed E-state index contributed by atoms with van der Waals surface area (Å²) in [4.78, 5) is 19.3. The van der Waals surface area contributed by atoms with E-state index in [2.05, 4.69) is 0 Å². The minimum atomic E-state index is -2.10. The van der Waals surface area contributed by atoms with Crippen molar-refractivity contribution in [1.29, 1.82) is 0 Å². The molecule has 0 aliphatic rings. The topological polar surface area (TPSA) is 80.3 Å². The Bertz CT molecular complexity index is 127. The van der Waals surface area contributed by atoms with Crippen LogP contribution < -0.4 is 9.79 Å². The van der Waals surface area contributed by atoms with Gasteiger partial charge in [0.25, 0.3) is 0 Å². The van der Waals surface area contributed by atoms with Crippen molar-refractivity contribution in [2.75, 3.05) is 12.3 Å². The molecule has 0 heterocycles. The Kier molecular flexibility index (Phi) is 24.2. The molecule has 0 saturated heterocycles. The van der Waals surface area contributed by atoms with Crippen molar-refractivity contribution >= 4 is 53.8 Å². The summed E-state index contributed by atoms with van der Waals surface area (Å²) in [5.41, 5.74) is 0. The van der Waals surface area contributed by atoms with Crippen molar-refractivity contribution < 1.29 is 18.9 Å². The number of rotatable bonds is 4. The van der Waals surface area contributed by atoms with E-state index in [-0.39, 0.29) is 37.7 Å². The quantitative estimate of drug-likeness (QED) is 0.542. The van der Waals surface area contributed by atoms with Gasteiger partial charge in [0.2, 0.25) is 0 Å². The van der Waals surface area contributed by atoms with Crippen molar-refractivity contribution in [3.63, 3.8) is 0 Å². The molecule has 0 bridgehead atoms. The molecule has 0 radical (unpaired) electrons. The molecule has 13 heavy (non-hydrogen) atoms. The summed E-state index contributed by atoms with van der Waals surface area (Å²) in [7, 11) is -4.20. The van der Waals surface area contributed by atoms with Gasteiger partial charge < -0.3 is 9.79 Å². The maximum atomic E-state index is 9.64. The molecule has 2 unspecified atom stereocenters. The molecule has 0 rings (SSSR count). The first-order valence-electron chi connectivity index (χ1n) is 3.78. The van der Waals surface area contributed by atoms with Crippen LogP contribution in [-0.4, -0.2) is 50.1 Å². The fourth-order valence-electron chi connectivity index (χ4n) is 0.365. The van der Waals surface area contributed by atoms with Crippen LogP contribution in [0.5, 0.6) is 0 Å². The first-order chi connectivity index (χ1) is 5.54. The third kappa shape index (κ3) is 31.8. The van der Waals surface area contributed by atoms with Crippen molar-refractivity contribution in [3.05, 3.63) is 0 Å². The maximum Gasteiger partial charge on any atom is 2.00 e. The molecule has 0 fully saturated rings. The van der Waals surface area contributed by atoms with Gasteiger partial charge in [0.05, 0.1) is 0 Å². The smallest absolute Gasteiger partial charge is 0.596 e. The fourth-order valence-corrected chi connectivity index (χ4v) is 1.10. The third-order valence-corrected chi connectivity index (χ3v) is 2.44. The Morgan fingerprint density at radius 1 is 0.923 bits per heavy atom. The first kappa shape index (κ1) is 19.9. The van der Waals surface area contributed by atoms with Crippen LogP contribution in [0.2, 0.25) is 0 Å². The van der Waals surface area contributed by atoms with Crippen LogP contribution in [0, 0.1) is 0 Å². The van der Waals surface area contributed by atoms with Crippen LogP contribution in [0.3, 0.4) is 0 Å². The van der Waals surface area contributed by atoms with Crippen LogP contribution >= 0.6 is 16.1 Å². The third-order valence-electron chi connectivity index (χ3n) is 0.812. The normalized spacial score (nSPS) is 10.5. The zero-order chi connectivity index (χ0) is 9.98. The van der Waals surface area contributed by atoms with E-state index in [1.165, 1.54) is 0 Å². The zero-order valence-corrected chi connectivity index (χ0v) is 12.1. The van der Waals surface area contributed by atoms with Gasteiger partial charge in [-0.25, -0.2) is 0 Å². The molecule has 0 aromatic heterocycles. The van der Waals surface area contributed by atoms with Crippen molar-refractivity contribution in [2.45, 2.75) is 26.7 Å². The average Bonchev–Trinajstić information content (AvgIpc) is 1.87. The molecule has 0 N–H and O–H groups in total. The second-order valence-electron chi connectivity index (χ2n) is 2.11. The molecule has 0 aliphatic carbocycles. The van der Waals surface area contributed by atoms with E-state index < -0.39 is 16.1 Å². The molecule has 0 spiro atoms. The summed E-state index contributed by atoms with van der Waals surface area (Å²) in [6.07, 6.45) is 2.13. The Morgan fingerprint density at radius 3 is 1.15 bits per heavy atom. The van der Waals surface area contributed by atoms with Gasteiger partial charge in [-0.05, 0) is 12.8 Å². The molecular formula is C6H14CaO4P2+2. The predicted octanol–water partition coefficient (Wildman–Crippen LogP) is 0.617. The number of hydrogen-bond acceptors (Lipinski definition) is 4. The van der Waals surface area contributed by atoms with Crippen LogP contribution in [0.4, 0.5) is 0 Å². The van der Waals surface area contributed by atoms with Crippen molar-refractivity contribution in [1.82, 2.24) is 0 Å². The molecule has 0 aromatic rings. The molecule has 0 amide bonds. The van der Waals surface area contributed by atoms with E-state index in [0.717, 1.165) is 12.8 Å². The maximum absolute atomic E-state index is 9.64.